The van der Waals surface area contributed by atoms with E-state index in [-0.39, 0.29) is 10.9 Å². The molecular weight excluding hydrogens is 358 g/mol. The minimum atomic E-state index is -1.05. The van der Waals surface area contributed by atoms with Crippen LogP contribution in [0.4, 0.5) is 0 Å². The Morgan fingerprint density at radius 1 is 1.08 bits per heavy atom. The van der Waals surface area contributed by atoms with Crippen molar-refractivity contribution < 1.29 is 24.8 Å². The minimum absolute atomic E-state index is 0.0428. The molecule has 5 N–H and O–H groups in total. The van der Waals surface area contributed by atoms with Crippen molar-refractivity contribution in [2.24, 2.45) is 11.7 Å². The van der Waals surface area contributed by atoms with Crippen LogP contribution in [0, 0.1) is 5.92 Å². The second-order valence-corrected chi connectivity index (χ2v) is 6.67. The van der Waals surface area contributed by atoms with Crippen molar-refractivity contribution in [2.75, 3.05) is 14.2 Å². The van der Waals surface area contributed by atoms with Gasteiger partial charge in [-0.2, -0.15) is 0 Å². The summed E-state index contributed by atoms with van der Waals surface area (Å²) in [7, 11) is 3.15. The monoisotopic (exact) mass is 381 g/mol. The molecule has 6 nitrogen and oxygen atoms in total. The topological polar surface area (TPSA) is 105 Å². The van der Waals surface area contributed by atoms with E-state index in [1.165, 1.54) is 12.1 Å². The van der Waals surface area contributed by atoms with Crippen LogP contribution in [0.1, 0.15) is 24.2 Å². The highest BCUT2D eigenvalue weighted by Crippen LogP contribution is 2.37. The maximum Gasteiger partial charge on any atom is 0.176 e. The number of hydrogen-bond donors (Lipinski definition) is 4. The molecule has 0 bridgehead atoms. The van der Waals surface area contributed by atoms with Gasteiger partial charge in [0.1, 0.15) is 0 Å². The molecule has 7 heteroatoms. The van der Waals surface area contributed by atoms with Gasteiger partial charge in [-0.3, -0.25) is 0 Å². The third-order valence-electron chi connectivity index (χ3n) is 4.43. The summed E-state index contributed by atoms with van der Waals surface area (Å²) in [5.41, 5.74) is 7.55. The van der Waals surface area contributed by atoms with E-state index in [0.29, 0.717) is 23.5 Å². The zero-order valence-corrected chi connectivity index (χ0v) is 15.7. The number of methoxy groups -OCH3 is 2. The molecule has 3 atom stereocenters. The van der Waals surface area contributed by atoms with Gasteiger partial charge in [0.25, 0.3) is 0 Å². The van der Waals surface area contributed by atoms with Crippen LogP contribution in [0.15, 0.2) is 30.3 Å². The van der Waals surface area contributed by atoms with Gasteiger partial charge in [0.15, 0.2) is 23.0 Å². The van der Waals surface area contributed by atoms with E-state index < -0.39 is 23.6 Å². The summed E-state index contributed by atoms with van der Waals surface area (Å²) in [6, 6.07) is 7.65. The van der Waals surface area contributed by atoms with E-state index in [2.05, 4.69) is 0 Å². The Morgan fingerprint density at radius 2 is 1.73 bits per heavy atom. The lowest BCUT2D eigenvalue weighted by Gasteiger charge is -2.26. The number of ether oxygens (including phenoxy) is 2. The summed E-state index contributed by atoms with van der Waals surface area (Å²) in [5.74, 6) is 0.364. The first kappa shape index (κ1) is 20.2. The predicted octanol–water partition coefficient (Wildman–Crippen LogP) is 3.01. The third-order valence-corrected chi connectivity index (χ3v) is 4.72. The van der Waals surface area contributed by atoms with E-state index in [1.807, 2.05) is 25.1 Å². The average Bonchev–Trinajstić information content (AvgIpc) is 2.64. The van der Waals surface area contributed by atoms with E-state index in [1.54, 1.807) is 14.2 Å². The van der Waals surface area contributed by atoms with Crippen LogP contribution in [-0.4, -0.2) is 35.6 Å². The average molecular weight is 382 g/mol. The van der Waals surface area contributed by atoms with Crippen molar-refractivity contribution in [1.82, 2.24) is 0 Å². The second kappa shape index (κ2) is 8.49. The lowest BCUT2D eigenvalue weighted by atomic mass is 9.88. The van der Waals surface area contributed by atoms with Gasteiger partial charge >= 0.3 is 0 Å². The highest BCUT2D eigenvalue weighted by molar-refractivity contribution is 6.32. The molecule has 3 unspecified atom stereocenters. The minimum Gasteiger partial charge on any atom is -0.504 e. The lowest BCUT2D eigenvalue weighted by molar-refractivity contribution is 0.121. The number of phenolic OH excluding ortho intramolecular Hbond substituents is 2. The maximum atomic E-state index is 10.5. The van der Waals surface area contributed by atoms with Gasteiger partial charge in [-0.25, -0.2) is 0 Å². The summed E-state index contributed by atoms with van der Waals surface area (Å²) in [6.07, 6.45) is -0.440. The fourth-order valence-corrected chi connectivity index (χ4v) is 3.05. The van der Waals surface area contributed by atoms with Gasteiger partial charge in [-0.1, -0.05) is 24.6 Å². The Kier molecular flexibility index (Phi) is 6.58. The summed E-state index contributed by atoms with van der Waals surface area (Å²) in [5, 5.41) is 29.7. The molecule has 0 amide bonds. The first-order valence-corrected chi connectivity index (χ1v) is 8.52. The molecule has 0 radical (unpaired) electrons. The number of aromatic hydroxyl groups is 2. The summed E-state index contributed by atoms with van der Waals surface area (Å²) in [6.45, 7) is 1.92. The highest BCUT2D eigenvalue weighted by atomic mass is 35.5. The quantitative estimate of drug-likeness (QED) is 0.549. The number of aliphatic hydroxyl groups excluding tert-OH is 1. The Hall–Kier alpha value is -2.15. The molecule has 2 aromatic rings. The summed E-state index contributed by atoms with van der Waals surface area (Å²) >= 11 is 5.85. The fraction of sp³-hybridized carbons (Fsp3) is 0.368. The molecule has 2 aromatic carbocycles. The number of nitrogens with two attached hydrogens (primary N) is 1. The van der Waals surface area contributed by atoms with Crippen LogP contribution in [0.25, 0.3) is 0 Å². The number of rotatable bonds is 7. The van der Waals surface area contributed by atoms with Crippen molar-refractivity contribution in [3.63, 3.8) is 0 Å². The van der Waals surface area contributed by atoms with Crippen molar-refractivity contribution in [1.29, 1.82) is 0 Å². The van der Waals surface area contributed by atoms with Crippen LogP contribution >= 0.6 is 11.6 Å². The molecule has 0 aliphatic rings. The van der Waals surface area contributed by atoms with Crippen LogP contribution in [0.2, 0.25) is 5.02 Å². The molecular formula is C19H24ClNO5. The fourth-order valence-electron chi connectivity index (χ4n) is 2.82. The second-order valence-electron chi connectivity index (χ2n) is 6.26. The number of halogens is 1. The zero-order valence-electron chi connectivity index (χ0n) is 14.9. The smallest absolute Gasteiger partial charge is 0.176 e. The van der Waals surface area contributed by atoms with Crippen LogP contribution in [0.5, 0.6) is 23.0 Å². The number of phenols is 2. The first-order chi connectivity index (χ1) is 12.3. The Bertz CT molecular complexity index is 745. The lowest BCUT2D eigenvalue weighted by Crippen LogP contribution is -2.36. The molecule has 142 valence electrons. The molecule has 0 aliphatic heterocycles. The normalized spacial score (nSPS) is 14.5. The van der Waals surface area contributed by atoms with Crippen molar-refractivity contribution in [3.8, 4) is 23.0 Å². The Morgan fingerprint density at radius 3 is 2.31 bits per heavy atom. The van der Waals surface area contributed by atoms with E-state index >= 15 is 0 Å². The number of hydrogen-bond acceptors (Lipinski definition) is 6. The standard InChI is InChI=1S/C19H24ClNO5/c1-10(6-11-4-5-15(25-2)16(7-11)26-3)17(21)18(23)12-8-13(20)19(24)14(22)9-12/h4-5,7-10,17-18,22-24H,6,21H2,1-3H3. The summed E-state index contributed by atoms with van der Waals surface area (Å²) < 4.78 is 10.5. The molecule has 0 fully saturated rings. The van der Waals surface area contributed by atoms with E-state index in [0.717, 1.165) is 5.56 Å². The largest absolute Gasteiger partial charge is 0.504 e. The molecule has 0 heterocycles. The van der Waals surface area contributed by atoms with Crippen LogP contribution in [0.3, 0.4) is 0 Å². The zero-order chi connectivity index (χ0) is 19.4. The molecule has 0 aliphatic carbocycles. The molecule has 0 spiro atoms. The first-order valence-electron chi connectivity index (χ1n) is 8.14. The van der Waals surface area contributed by atoms with Gasteiger partial charge in [0, 0.05) is 6.04 Å². The number of benzene rings is 2. The SMILES string of the molecule is COc1ccc(CC(C)C(N)C(O)c2cc(O)c(O)c(Cl)c2)cc1OC. The van der Waals surface area contributed by atoms with Crippen molar-refractivity contribution >= 4 is 11.6 Å². The van der Waals surface area contributed by atoms with E-state index in [9.17, 15) is 15.3 Å². The van der Waals surface area contributed by atoms with Crippen LogP contribution < -0.4 is 15.2 Å². The predicted molar refractivity (Wildman–Crippen MR) is 100 cm³/mol. The van der Waals surface area contributed by atoms with Gasteiger partial charge in [-0.15, -0.1) is 0 Å². The molecule has 0 saturated heterocycles. The maximum absolute atomic E-state index is 10.5. The molecule has 26 heavy (non-hydrogen) atoms. The van der Waals surface area contributed by atoms with Gasteiger partial charge in [-0.05, 0) is 47.7 Å². The highest BCUT2D eigenvalue weighted by Gasteiger charge is 2.25. The number of aliphatic hydroxyl groups is 1. The van der Waals surface area contributed by atoms with E-state index in [4.69, 9.17) is 26.8 Å². The Balaban J connectivity index is 2.15. The van der Waals surface area contributed by atoms with Crippen molar-refractivity contribution in [2.45, 2.75) is 25.5 Å². The van der Waals surface area contributed by atoms with Gasteiger partial charge < -0.3 is 30.5 Å². The van der Waals surface area contributed by atoms with Crippen molar-refractivity contribution in [3.05, 3.63) is 46.5 Å². The molecule has 2 rings (SSSR count). The van der Waals surface area contributed by atoms with Crippen LogP contribution in [-0.2, 0) is 6.42 Å². The Labute approximate surface area is 157 Å². The van der Waals surface area contributed by atoms with Gasteiger partial charge in [0.2, 0.25) is 0 Å². The third kappa shape index (κ3) is 4.33. The van der Waals surface area contributed by atoms with Gasteiger partial charge in [0.05, 0.1) is 25.3 Å². The molecule has 0 aromatic heterocycles. The molecule has 0 saturated carbocycles. The summed E-state index contributed by atoms with van der Waals surface area (Å²) in [4.78, 5) is 0.